The van der Waals surface area contributed by atoms with Crippen LogP contribution >= 0.6 is 0 Å². The summed E-state index contributed by atoms with van der Waals surface area (Å²) in [6, 6.07) is 4.66. The van der Waals surface area contributed by atoms with Gasteiger partial charge in [-0.1, -0.05) is 6.07 Å². The largest absolute Gasteiger partial charge is 0.493 e. The smallest absolute Gasteiger partial charge is 0.307 e. The predicted molar refractivity (Wildman–Crippen MR) is 89.7 cm³/mol. The topological polar surface area (TPSA) is 95.1 Å². The van der Waals surface area contributed by atoms with Crippen LogP contribution in [-0.2, 0) is 19.1 Å². The summed E-state index contributed by atoms with van der Waals surface area (Å²) in [5.74, 6) is 0.368. The second kappa shape index (κ2) is 9.24. The minimum absolute atomic E-state index is 0.00211. The molecular formula is C17H24N2O6. The normalized spacial score (nSPS) is 18.1. The van der Waals surface area contributed by atoms with E-state index in [9.17, 15) is 9.59 Å². The molecule has 138 valence electrons. The number of morpholine rings is 1. The molecule has 2 unspecified atom stereocenters. The van der Waals surface area contributed by atoms with E-state index in [2.05, 4.69) is 10.6 Å². The van der Waals surface area contributed by atoms with E-state index < -0.39 is 18.1 Å². The minimum atomic E-state index is -0.589. The van der Waals surface area contributed by atoms with Gasteiger partial charge in [-0.3, -0.25) is 9.59 Å². The maximum Gasteiger partial charge on any atom is 0.307 e. The second-order valence-electron chi connectivity index (χ2n) is 5.52. The molecule has 8 nitrogen and oxygen atoms in total. The van der Waals surface area contributed by atoms with E-state index >= 15 is 0 Å². The van der Waals surface area contributed by atoms with Gasteiger partial charge < -0.3 is 29.6 Å². The van der Waals surface area contributed by atoms with Gasteiger partial charge in [-0.15, -0.1) is 0 Å². The van der Waals surface area contributed by atoms with E-state index in [4.69, 9.17) is 18.9 Å². The van der Waals surface area contributed by atoms with Crippen molar-refractivity contribution < 1.29 is 28.5 Å². The Morgan fingerprint density at radius 2 is 2.04 bits per heavy atom. The molecule has 0 aliphatic carbocycles. The van der Waals surface area contributed by atoms with Crippen molar-refractivity contribution in [3.63, 3.8) is 0 Å². The molecule has 1 aromatic carbocycles. The summed E-state index contributed by atoms with van der Waals surface area (Å²) in [7, 11) is 4.37. The first-order valence-electron chi connectivity index (χ1n) is 8.00. The number of methoxy groups -OCH3 is 3. The monoisotopic (exact) mass is 352 g/mol. The van der Waals surface area contributed by atoms with Gasteiger partial charge in [0.2, 0.25) is 0 Å². The lowest BCUT2D eigenvalue weighted by molar-refractivity contribution is -0.142. The van der Waals surface area contributed by atoms with Crippen LogP contribution in [0.2, 0.25) is 0 Å². The number of hydrogen-bond donors (Lipinski definition) is 2. The van der Waals surface area contributed by atoms with Gasteiger partial charge in [-0.2, -0.15) is 0 Å². The van der Waals surface area contributed by atoms with E-state index in [1.807, 2.05) is 0 Å². The van der Waals surface area contributed by atoms with Crippen molar-refractivity contribution >= 4 is 11.9 Å². The third-order valence-electron chi connectivity index (χ3n) is 3.94. The molecule has 2 atom stereocenters. The first-order valence-corrected chi connectivity index (χ1v) is 8.00. The fourth-order valence-corrected chi connectivity index (χ4v) is 2.57. The molecule has 1 aromatic rings. The summed E-state index contributed by atoms with van der Waals surface area (Å²) in [5, 5.41) is 5.96. The molecule has 2 N–H and O–H groups in total. The third-order valence-corrected chi connectivity index (χ3v) is 3.94. The molecule has 0 bridgehead atoms. The number of carbonyl (C=O) groups is 2. The Labute approximate surface area is 146 Å². The first kappa shape index (κ1) is 19.0. The summed E-state index contributed by atoms with van der Waals surface area (Å²) in [5.41, 5.74) is 0.708. The highest BCUT2D eigenvalue weighted by Crippen LogP contribution is 2.31. The quantitative estimate of drug-likeness (QED) is 0.687. The molecule has 1 aliphatic rings. The van der Waals surface area contributed by atoms with Crippen molar-refractivity contribution in [1.82, 2.24) is 10.6 Å². The molecule has 1 fully saturated rings. The molecule has 0 aromatic heterocycles. The second-order valence-corrected chi connectivity index (χ2v) is 5.52. The molecule has 2 rings (SSSR count). The van der Waals surface area contributed by atoms with Gasteiger partial charge in [0.15, 0.2) is 11.5 Å². The molecular weight excluding hydrogens is 328 g/mol. The summed E-state index contributed by atoms with van der Waals surface area (Å²) in [6.07, 6.45) is -0.591. The number of carbonyl (C=O) groups excluding carboxylic acids is 2. The number of benzene rings is 1. The average molecular weight is 352 g/mol. The van der Waals surface area contributed by atoms with Crippen LogP contribution in [0.1, 0.15) is 18.0 Å². The van der Waals surface area contributed by atoms with Crippen LogP contribution in [0.3, 0.4) is 0 Å². The number of amides is 1. The average Bonchev–Trinajstić information content (AvgIpc) is 2.67. The first-order chi connectivity index (χ1) is 12.1. The van der Waals surface area contributed by atoms with Gasteiger partial charge in [-0.05, 0) is 17.7 Å². The van der Waals surface area contributed by atoms with Crippen LogP contribution in [0.15, 0.2) is 18.2 Å². The lowest BCUT2D eigenvalue weighted by Crippen LogP contribution is -2.48. The highest BCUT2D eigenvalue weighted by Gasteiger charge is 2.26. The molecule has 25 heavy (non-hydrogen) atoms. The van der Waals surface area contributed by atoms with Crippen LogP contribution in [0.5, 0.6) is 11.5 Å². The van der Waals surface area contributed by atoms with Gasteiger partial charge in [0.25, 0.3) is 5.91 Å². The number of rotatable bonds is 7. The Morgan fingerprint density at radius 3 is 2.64 bits per heavy atom. The van der Waals surface area contributed by atoms with Crippen molar-refractivity contribution in [2.45, 2.75) is 18.6 Å². The zero-order valence-corrected chi connectivity index (χ0v) is 14.7. The minimum Gasteiger partial charge on any atom is -0.493 e. The summed E-state index contributed by atoms with van der Waals surface area (Å²) in [4.78, 5) is 24.2. The van der Waals surface area contributed by atoms with Gasteiger partial charge >= 0.3 is 5.97 Å². The fourth-order valence-electron chi connectivity index (χ4n) is 2.57. The number of hydrogen-bond acceptors (Lipinski definition) is 7. The molecule has 0 saturated carbocycles. The van der Waals surface area contributed by atoms with Crippen molar-refractivity contribution in [2.75, 3.05) is 41.0 Å². The standard InChI is InChI=1S/C17H24N2O6/c1-22-13-5-4-11(8-14(13)23-2)12(9-16(20)24-3)19-17(21)15-10-18-6-7-25-15/h4-5,8,12,15,18H,6-7,9-10H2,1-3H3,(H,19,21). The predicted octanol–water partition coefficient (Wildman–Crippen LogP) is 0.413. The van der Waals surface area contributed by atoms with Crippen molar-refractivity contribution in [3.05, 3.63) is 23.8 Å². The lowest BCUT2D eigenvalue weighted by Gasteiger charge is -2.26. The third kappa shape index (κ3) is 5.07. The summed E-state index contributed by atoms with van der Waals surface area (Å²) in [6.45, 7) is 1.61. The van der Waals surface area contributed by atoms with Gasteiger partial charge in [0.1, 0.15) is 6.10 Å². The molecule has 1 saturated heterocycles. The van der Waals surface area contributed by atoms with E-state index in [0.29, 0.717) is 36.8 Å². The zero-order chi connectivity index (χ0) is 18.2. The molecule has 1 amide bonds. The van der Waals surface area contributed by atoms with E-state index in [1.165, 1.54) is 14.2 Å². The van der Waals surface area contributed by atoms with Crippen LogP contribution in [0.4, 0.5) is 0 Å². The van der Waals surface area contributed by atoms with E-state index in [1.54, 1.807) is 25.3 Å². The van der Waals surface area contributed by atoms with Crippen LogP contribution < -0.4 is 20.1 Å². The van der Waals surface area contributed by atoms with E-state index in [-0.39, 0.29) is 12.3 Å². The number of esters is 1. The number of nitrogens with one attached hydrogen (secondary N) is 2. The zero-order valence-electron chi connectivity index (χ0n) is 14.7. The molecule has 1 aliphatic heterocycles. The Morgan fingerprint density at radius 1 is 1.28 bits per heavy atom. The van der Waals surface area contributed by atoms with Crippen molar-refractivity contribution in [1.29, 1.82) is 0 Å². The Bertz CT molecular complexity index is 601. The lowest BCUT2D eigenvalue weighted by atomic mass is 10.0. The van der Waals surface area contributed by atoms with E-state index in [0.717, 1.165) is 0 Å². The SMILES string of the molecule is COC(=O)CC(NC(=O)C1CNCCO1)c1ccc(OC)c(OC)c1. The fraction of sp³-hybridized carbons (Fsp3) is 0.529. The highest BCUT2D eigenvalue weighted by molar-refractivity contribution is 5.82. The Balaban J connectivity index is 2.19. The molecule has 0 spiro atoms. The van der Waals surface area contributed by atoms with Crippen molar-refractivity contribution in [3.8, 4) is 11.5 Å². The van der Waals surface area contributed by atoms with Crippen LogP contribution in [0.25, 0.3) is 0 Å². The maximum absolute atomic E-state index is 12.4. The van der Waals surface area contributed by atoms with Gasteiger partial charge in [-0.25, -0.2) is 0 Å². The summed E-state index contributed by atoms with van der Waals surface area (Å²) >= 11 is 0. The Kier molecular flexibility index (Phi) is 7.03. The Hall–Kier alpha value is -2.32. The molecule has 8 heteroatoms. The van der Waals surface area contributed by atoms with Crippen LogP contribution in [0, 0.1) is 0 Å². The molecule has 1 heterocycles. The number of ether oxygens (including phenoxy) is 4. The van der Waals surface area contributed by atoms with Crippen LogP contribution in [-0.4, -0.2) is 59.0 Å². The van der Waals surface area contributed by atoms with Gasteiger partial charge in [0.05, 0.1) is 40.4 Å². The van der Waals surface area contributed by atoms with Crippen molar-refractivity contribution in [2.24, 2.45) is 0 Å². The molecule has 0 radical (unpaired) electrons. The van der Waals surface area contributed by atoms with Gasteiger partial charge in [0, 0.05) is 13.1 Å². The summed E-state index contributed by atoms with van der Waals surface area (Å²) < 4.78 is 20.7. The maximum atomic E-state index is 12.4. The highest BCUT2D eigenvalue weighted by atomic mass is 16.5.